The summed E-state index contributed by atoms with van der Waals surface area (Å²) in [6.45, 7) is 5.14. The van der Waals surface area contributed by atoms with Crippen LogP contribution in [0.4, 0.5) is 0 Å². The standard InChI is InChI=1S/C15H21N3/c1-4-18-11-13(10-17-18)9-15(16-3)14-7-5-12(2)6-8-14/h5-8,10-11,15-16H,4,9H2,1-3H3. The van der Waals surface area contributed by atoms with E-state index in [-0.39, 0.29) is 0 Å². The highest BCUT2D eigenvalue weighted by Crippen LogP contribution is 2.18. The fourth-order valence-electron chi connectivity index (χ4n) is 2.11. The van der Waals surface area contributed by atoms with Crippen LogP contribution in [-0.2, 0) is 13.0 Å². The summed E-state index contributed by atoms with van der Waals surface area (Å²) in [6, 6.07) is 9.06. The number of likely N-dealkylation sites (N-methyl/N-ethyl adjacent to an activating group) is 1. The Labute approximate surface area is 109 Å². The lowest BCUT2D eigenvalue weighted by Crippen LogP contribution is -2.18. The van der Waals surface area contributed by atoms with Crippen LogP contribution < -0.4 is 5.32 Å². The van der Waals surface area contributed by atoms with Crippen LogP contribution in [0.15, 0.2) is 36.7 Å². The molecular formula is C15H21N3. The van der Waals surface area contributed by atoms with Gasteiger partial charge in [-0.3, -0.25) is 4.68 Å². The number of nitrogens with one attached hydrogen (secondary N) is 1. The molecule has 1 atom stereocenters. The second-order valence-electron chi connectivity index (χ2n) is 4.66. The van der Waals surface area contributed by atoms with Crippen LogP contribution in [-0.4, -0.2) is 16.8 Å². The molecule has 3 heteroatoms. The van der Waals surface area contributed by atoms with Crippen molar-refractivity contribution < 1.29 is 0 Å². The van der Waals surface area contributed by atoms with Crippen molar-refractivity contribution in [1.82, 2.24) is 15.1 Å². The maximum absolute atomic E-state index is 4.32. The number of aromatic nitrogens is 2. The van der Waals surface area contributed by atoms with Gasteiger partial charge in [-0.1, -0.05) is 29.8 Å². The van der Waals surface area contributed by atoms with E-state index in [0.29, 0.717) is 6.04 Å². The number of aryl methyl sites for hydroxylation is 2. The fraction of sp³-hybridized carbons (Fsp3) is 0.400. The molecule has 2 aromatic rings. The van der Waals surface area contributed by atoms with E-state index < -0.39 is 0 Å². The zero-order valence-electron chi connectivity index (χ0n) is 11.4. The average Bonchev–Trinajstić information content (AvgIpc) is 2.85. The molecule has 1 heterocycles. The molecule has 1 N–H and O–H groups in total. The summed E-state index contributed by atoms with van der Waals surface area (Å²) in [7, 11) is 2.01. The molecule has 3 nitrogen and oxygen atoms in total. The summed E-state index contributed by atoms with van der Waals surface area (Å²) in [5, 5.41) is 7.70. The molecule has 0 saturated heterocycles. The van der Waals surface area contributed by atoms with E-state index >= 15 is 0 Å². The van der Waals surface area contributed by atoms with Crippen molar-refractivity contribution in [2.75, 3.05) is 7.05 Å². The Balaban J connectivity index is 2.11. The Bertz CT molecular complexity index is 485. The number of hydrogen-bond acceptors (Lipinski definition) is 2. The molecule has 0 saturated carbocycles. The molecule has 18 heavy (non-hydrogen) atoms. The van der Waals surface area contributed by atoms with Crippen LogP contribution in [0.3, 0.4) is 0 Å². The van der Waals surface area contributed by atoms with Gasteiger partial charge in [-0.2, -0.15) is 5.10 Å². The quantitative estimate of drug-likeness (QED) is 0.875. The van der Waals surface area contributed by atoms with Gasteiger partial charge in [-0.05, 0) is 38.4 Å². The van der Waals surface area contributed by atoms with Crippen molar-refractivity contribution in [2.24, 2.45) is 0 Å². The lowest BCUT2D eigenvalue weighted by molar-refractivity contribution is 0.590. The van der Waals surface area contributed by atoms with E-state index in [0.717, 1.165) is 13.0 Å². The highest BCUT2D eigenvalue weighted by atomic mass is 15.3. The van der Waals surface area contributed by atoms with Crippen LogP contribution in [0.25, 0.3) is 0 Å². The summed E-state index contributed by atoms with van der Waals surface area (Å²) in [5.74, 6) is 0. The Kier molecular flexibility index (Phi) is 4.15. The van der Waals surface area contributed by atoms with E-state index in [1.807, 2.05) is 17.9 Å². The average molecular weight is 243 g/mol. The van der Waals surface area contributed by atoms with Crippen molar-refractivity contribution >= 4 is 0 Å². The first-order chi connectivity index (χ1) is 8.72. The maximum Gasteiger partial charge on any atom is 0.0522 e. The predicted octanol–water partition coefficient (Wildman–Crippen LogP) is 2.71. The first kappa shape index (κ1) is 12.8. The number of rotatable bonds is 5. The van der Waals surface area contributed by atoms with Crippen molar-refractivity contribution in [3.05, 3.63) is 53.3 Å². The van der Waals surface area contributed by atoms with Gasteiger partial charge in [0.15, 0.2) is 0 Å². The summed E-state index contributed by atoms with van der Waals surface area (Å²) >= 11 is 0. The van der Waals surface area contributed by atoms with Gasteiger partial charge in [0.05, 0.1) is 6.20 Å². The molecule has 0 amide bonds. The number of benzene rings is 1. The zero-order chi connectivity index (χ0) is 13.0. The molecule has 0 aliphatic carbocycles. The Morgan fingerprint density at radius 2 is 2.00 bits per heavy atom. The minimum Gasteiger partial charge on any atom is -0.313 e. The highest BCUT2D eigenvalue weighted by Gasteiger charge is 2.10. The van der Waals surface area contributed by atoms with E-state index in [9.17, 15) is 0 Å². The Morgan fingerprint density at radius 1 is 1.28 bits per heavy atom. The minimum atomic E-state index is 0.347. The first-order valence-electron chi connectivity index (χ1n) is 6.48. The number of nitrogens with zero attached hydrogens (tertiary/aromatic N) is 2. The van der Waals surface area contributed by atoms with Crippen molar-refractivity contribution in [3.8, 4) is 0 Å². The fourth-order valence-corrected chi connectivity index (χ4v) is 2.11. The summed E-state index contributed by atoms with van der Waals surface area (Å²) in [6.07, 6.45) is 5.06. The molecule has 0 aliphatic heterocycles. The first-order valence-corrected chi connectivity index (χ1v) is 6.48. The monoisotopic (exact) mass is 243 g/mol. The molecule has 1 unspecified atom stereocenters. The molecule has 1 aromatic heterocycles. The smallest absolute Gasteiger partial charge is 0.0522 e. The topological polar surface area (TPSA) is 29.9 Å². The molecule has 2 rings (SSSR count). The normalized spacial score (nSPS) is 12.6. The molecule has 0 bridgehead atoms. The molecule has 1 aromatic carbocycles. The zero-order valence-corrected chi connectivity index (χ0v) is 11.4. The van der Waals surface area contributed by atoms with Gasteiger partial charge in [0.2, 0.25) is 0 Å². The third-order valence-corrected chi connectivity index (χ3v) is 3.28. The Hall–Kier alpha value is -1.61. The van der Waals surface area contributed by atoms with E-state index in [2.05, 4.69) is 54.7 Å². The largest absolute Gasteiger partial charge is 0.313 e. The van der Waals surface area contributed by atoms with Gasteiger partial charge < -0.3 is 5.32 Å². The van der Waals surface area contributed by atoms with E-state index in [1.54, 1.807) is 0 Å². The lowest BCUT2D eigenvalue weighted by Gasteiger charge is -2.16. The molecule has 0 fully saturated rings. The molecule has 0 aliphatic rings. The van der Waals surface area contributed by atoms with Gasteiger partial charge >= 0.3 is 0 Å². The van der Waals surface area contributed by atoms with Crippen molar-refractivity contribution in [3.63, 3.8) is 0 Å². The molecule has 0 radical (unpaired) electrons. The van der Waals surface area contributed by atoms with Crippen LogP contribution in [0.5, 0.6) is 0 Å². The summed E-state index contributed by atoms with van der Waals surface area (Å²) in [5.41, 5.74) is 3.90. The van der Waals surface area contributed by atoms with Crippen molar-refractivity contribution in [2.45, 2.75) is 32.9 Å². The van der Waals surface area contributed by atoms with Gasteiger partial charge in [-0.25, -0.2) is 0 Å². The van der Waals surface area contributed by atoms with Crippen LogP contribution >= 0.6 is 0 Å². The SMILES string of the molecule is CCn1cc(CC(NC)c2ccc(C)cc2)cn1. The van der Waals surface area contributed by atoms with Gasteiger partial charge in [-0.15, -0.1) is 0 Å². The highest BCUT2D eigenvalue weighted by molar-refractivity contribution is 5.25. The maximum atomic E-state index is 4.32. The van der Waals surface area contributed by atoms with Crippen LogP contribution in [0.1, 0.15) is 29.7 Å². The molecule has 0 spiro atoms. The minimum absolute atomic E-state index is 0.347. The van der Waals surface area contributed by atoms with Gasteiger partial charge in [0.1, 0.15) is 0 Å². The lowest BCUT2D eigenvalue weighted by atomic mass is 10.00. The Morgan fingerprint density at radius 3 is 2.56 bits per heavy atom. The van der Waals surface area contributed by atoms with Gasteiger partial charge in [0, 0.05) is 18.8 Å². The summed E-state index contributed by atoms with van der Waals surface area (Å²) in [4.78, 5) is 0. The summed E-state index contributed by atoms with van der Waals surface area (Å²) < 4.78 is 1.97. The second-order valence-corrected chi connectivity index (χ2v) is 4.66. The predicted molar refractivity (Wildman–Crippen MR) is 74.6 cm³/mol. The molecule has 96 valence electrons. The van der Waals surface area contributed by atoms with Crippen LogP contribution in [0.2, 0.25) is 0 Å². The third kappa shape index (κ3) is 2.99. The van der Waals surface area contributed by atoms with Crippen LogP contribution in [0, 0.1) is 6.92 Å². The molecular weight excluding hydrogens is 222 g/mol. The van der Waals surface area contributed by atoms with Gasteiger partial charge in [0.25, 0.3) is 0 Å². The van der Waals surface area contributed by atoms with Crippen molar-refractivity contribution in [1.29, 1.82) is 0 Å². The third-order valence-electron chi connectivity index (χ3n) is 3.28. The second kappa shape index (κ2) is 5.83. The van der Waals surface area contributed by atoms with E-state index in [4.69, 9.17) is 0 Å². The van der Waals surface area contributed by atoms with E-state index in [1.165, 1.54) is 16.7 Å². The number of hydrogen-bond donors (Lipinski definition) is 1.